The zero-order valence-corrected chi connectivity index (χ0v) is 13.2. The van der Waals surface area contributed by atoms with E-state index >= 15 is 0 Å². The molecule has 6 heteroatoms. The minimum Gasteiger partial charge on any atom is -0.325 e. The summed E-state index contributed by atoms with van der Waals surface area (Å²) in [5.41, 5.74) is 2.12. The number of amides is 1. The molecule has 2 rings (SSSR count). The van der Waals surface area contributed by atoms with E-state index < -0.39 is 10.0 Å². The zero-order chi connectivity index (χ0) is 16.3. The van der Waals surface area contributed by atoms with Crippen LogP contribution in [0.1, 0.15) is 24.0 Å². The Labute approximate surface area is 130 Å². The predicted molar refractivity (Wildman–Crippen MR) is 86.0 cm³/mol. The third kappa shape index (κ3) is 3.72. The molecular weight excluding hydrogens is 300 g/mol. The number of rotatable bonds is 4. The number of benzene rings is 2. The van der Waals surface area contributed by atoms with Crippen LogP contribution in [0.15, 0.2) is 53.4 Å². The first-order chi connectivity index (χ1) is 10.3. The van der Waals surface area contributed by atoms with Crippen molar-refractivity contribution in [2.75, 3.05) is 5.32 Å². The van der Waals surface area contributed by atoms with Gasteiger partial charge in [0.1, 0.15) is 0 Å². The number of hydrogen-bond donors (Lipinski definition) is 2. The number of carbonyl (C=O) groups excluding carboxylic acids is 1. The molecule has 0 saturated carbocycles. The van der Waals surface area contributed by atoms with E-state index in [-0.39, 0.29) is 16.7 Å². The van der Waals surface area contributed by atoms with Crippen LogP contribution in [0.2, 0.25) is 0 Å². The van der Waals surface area contributed by atoms with Crippen molar-refractivity contribution in [2.24, 2.45) is 5.14 Å². The van der Waals surface area contributed by atoms with Crippen molar-refractivity contribution >= 4 is 21.6 Å². The molecule has 0 unspecified atom stereocenters. The fraction of sp³-hybridized carbons (Fsp3) is 0.188. The number of carbonyl (C=O) groups is 1. The SMILES string of the molecule is Cc1cc(S(N)(=O)=O)ccc1NC(=O)[C@@H](C)c1ccccc1. The third-order valence-corrected chi connectivity index (χ3v) is 4.39. The lowest BCUT2D eigenvalue weighted by Gasteiger charge is -2.14. The van der Waals surface area contributed by atoms with E-state index in [1.54, 1.807) is 13.0 Å². The van der Waals surface area contributed by atoms with Gasteiger partial charge in [0.25, 0.3) is 0 Å². The Bertz CT molecular complexity index is 786. The second kappa shape index (κ2) is 6.29. The number of primary sulfonamides is 1. The number of sulfonamides is 1. The third-order valence-electron chi connectivity index (χ3n) is 3.48. The van der Waals surface area contributed by atoms with Crippen molar-refractivity contribution in [2.45, 2.75) is 24.7 Å². The fourth-order valence-corrected chi connectivity index (χ4v) is 2.69. The van der Waals surface area contributed by atoms with E-state index in [4.69, 9.17) is 5.14 Å². The van der Waals surface area contributed by atoms with Crippen molar-refractivity contribution < 1.29 is 13.2 Å². The van der Waals surface area contributed by atoms with Gasteiger partial charge in [-0.15, -0.1) is 0 Å². The van der Waals surface area contributed by atoms with Crippen molar-refractivity contribution in [3.05, 3.63) is 59.7 Å². The van der Waals surface area contributed by atoms with Gasteiger partial charge >= 0.3 is 0 Å². The van der Waals surface area contributed by atoms with Gasteiger partial charge in [-0.2, -0.15) is 0 Å². The van der Waals surface area contributed by atoms with E-state index in [1.165, 1.54) is 12.1 Å². The monoisotopic (exact) mass is 318 g/mol. The van der Waals surface area contributed by atoms with E-state index in [1.807, 2.05) is 37.3 Å². The molecule has 0 bridgehead atoms. The first kappa shape index (κ1) is 16.2. The number of aryl methyl sites for hydroxylation is 1. The van der Waals surface area contributed by atoms with Gasteiger partial charge in [-0.1, -0.05) is 30.3 Å². The minimum atomic E-state index is -3.74. The molecule has 22 heavy (non-hydrogen) atoms. The molecular formula is C16H18N2O3S. The van der Waals surface area contributed by atoms with Gasteiger partial charge < -0.3 is 5.32 Å². The molecule has 2 aromatic rings. The Morgan fingerprint density at radius 3 is 2.32 bits per heavy atom. The molecule has 0 saturated heterocycles. The van der Waals surface area contributed by atoms with Crippen LogP contribution in [-0.4, -0.2) is 14.3 Å². The summed E-state index contributed by atoms with van der Waals surface area (Å²) in [6.07, 6.45) is 0. The van der Waals surface area contributed by atoms with Crippen molar-refractivity contribution in [3.63, 3.8) is 0 Å². The largest absolute Gasteiger partial charge is 0.325 e. The van der Waals surface area contributed by atoms with Crippen LogP contribution in [-0.2, 0) is 14.8 Å². The zero-order valence-electron chi connectivity index (χ0n) is 12.4. The van der Waals surface area contributed by atoms with Crippen LogP contribution < -0.4 is 10.5 Å². The van der Waals surface area contributed by atoms with E-state index in [0.29, 0.717) is 11.3 Å². The first-order valence-electron chi connectivity index (χ1n) is 6.78. The van der Waals surface area contributed by atoms with E-state index in [9.17, 15) is 13.2 Å². The maximum atomic E-state index is 12.3. The molecule has 0 aromatic heterocycles. The van der Waals surface area contributed by atoms with E-state index in [2.05, 4.69) is 5.32 Å². The molecule has 0 aliphatic heterocycles. The van der Waals surface area contributed by atoms with E-state index in [0.717, 1.165) is 5.56 Å². The van der Waals surface area contributed by atoms with Crippen LogP contribution in [0.25, 0.3) is 0 Å². The summed E-state index contributed by atoms with van der Waals surface area (Å²) in [4.78, 5) is 12.3. The Morgan fingerprint density at radius 1 is 1.14 bits per heavy atom. The van der Waals surface area contributed by atoms with Crippen molar-refractivity contribution in [1.29, 1.82) is 0 Å². The minimum absolute atomic E-state index is 0.0270. The number of nitrogens with one attached hydrogen (secondary N) is 1. The molecule has 0 spiro atoms. The summed E-state index contributed by atoms with van der Waals surface area (Å²) in [5.74, 6) is -0.462. The Balaban J connectivity index is 2.19. The van der Waals surface area contributed by atoms with Crippen molar-refractivity contribution in [3.8, 4) is 0 Å². The molecule has 1 atom stereocenters. The van der Waals surface area contributed by atoms with Crippen LogP contribution in [0, 0.1) is 6.92 Å². The predicted octanol–water partition coefficient (Wildman–Crippen LogP) is 2.38. The average molecular weight is 318 g/mol. The molecule has 3 N–H and O–H groups in total. The molecule has 0 fully saturated rings. The molecule has 0 aliphatic carbocycles. The normalized spacial score (nSPS) is 12.7. The highest BCUT2D eigenvalue weighted by Crippen LogP contribution is 2.22. The second-order valence-electron chi connectivity index (χ2n) is 5.14. The van der Waals surface area contributed by atoms with Crippen LogP contribution in [0.3, 0.4) is 0 Å². The van der Waals surface area contributed by atoms with Gasteiger partial charge in [0.15, 0.2) is 0 Å². The Hall–Kier alpha value is -2.18. The van der Waals surface area contributed by atoms with Gasteiger partial charge in [-0.25, -0.2) is 13.6 Å². The lowest BCUT2D eigenvalue weighted by atomic mass is 10.0. The Morgan fingerprint density at radius 2 is 1.77 bits per heavy atom. The summed E-state index contributed by atoms with van der Waals surface area (Å²) in [6.45, 7) is 3.54. The fourth-order valence-electron chi connectivity index (χ4n) is 2.09. The molecule has 2 aromatic carbocycles. The molecule has 116 valence electrons. The lowest BCUT2D eigenvalue weighted by molar-refractivity contribution is -0.117. The van der Waals surface area contributed by atoms with Gasteiger partial charge in [0.2, 0.25) is 15.9 Å². The maximum absolute atomic E-state index is 12.3. The molecule has 0 radical (unpaired) electrons. The van der Waals surface area contributed by atoms with Gasteiger partial charge in [-0.05, 0) is 43.2 Å². The maximum Gasteiger partial charge on any atom is 0.238 e. The summed E-state index contributed by atoms with van der Waals surface area (Å²) < 4.78 is 22.6. The van der Waals surface area contributed by atoms with Crippen LogP contribution in [0.5, 0.6) is 0 Å². The standard InChI is InChI=1S/C16H18N2O3S/c1-11-10-14(22(17,20)21)8-9-15(11)18-16(19)12(2)13-6-4-3-5-7-13/h3-10,12H,1-2H3,(H,18,19)(H2,17,20,21)/t12-/m0/s1. The van der Waals surface area contributed by atoms with Crippen molar-refractivity contribution in [1.82, 2.24) is 0 Å². The highest BCUT2D eigenvalue weighted by molar-refractivity contribution is 7.89. The summed E-state index contributed by atoms with van der Waals surface area (Å²) in [7, 11) is -3.74. The summed E-state index contributed by atoms with van der Waals surface area (Å²) in [6, 6.07) is 13.8. The number of nitrogens with two attached hydrogens (primary N) is 1. The summed E-state index contributed by atoms with van der Waals surface area (Å²) >= 11 is 0. The highest BCUT2D eigenvalue weighted by atomic mass is 32.2. The van der Waals surface area contributed by atoms with Crippen LogP contribution >= 0.6 is 0 Å². The van der Waals surface area contributed by atoms with Gasteiger partial charge in [0, 0.05) is 5.69 Å². The summed E-state index contributed by atoms with van der Waals surface area (Å²) in [5, 5.41) is 7.90. The molecule has 0 heterocycles. The van der Waals surface area contributed by atoms with Gasteiger partial charge in [-0.3, -0.25) is 4.79 Å². The topological polar surface area (TPSA) is 89.3 Å². The second-order valence-corrected chi connectivity index (χ2v) is 6.70. The Kier molecular flexibility index (Phi) is 4.63. The average Bonchev–Trinajstić information content (AvgIpc) is 2.48. The molecule has 0 aliphatic rings. The number of anilines is 1. The molecule has 1 amide bonds. The van der Waals surface area contributed by atoms with Gasteiger partial charge in [0.05, 0.1) is 10.8 Å². The number of hydrogen-bond acceptors (Lipinski definition) is 3. The smallest absolute Gasteiger partial charge is 0.238 e. The quantitative estimate of drug-likeness (QED) is 0.907. The molecule has 5 nitrogen and oxygen atoms in total. The lowest BCUT2D eigenvalue weighted by Crippen LogP contribution is -2.19. The first-order valence-corrected chi connectivity index (χ1v) is 8.33. The van der Waals surface area contributed by atoms with Crippen LogP contribution in [0.4, 0.5) is 5.69 Å². The highest BCUT2D eigenvalue weighted by Gasteiger charge is 2.16.